The number of nitrogens with two attached hydrogens (primary N) is 5. The minimum atomic E-state index is -1.96. The maximum atomic E-state index is 14.1. The Morgan fingerprint density at radius 3 is 1.30 bits per heavy atom. The molecular formula is C55H88N16O18. The highest BCUT2D eigenvalue weighted by atomic mass is 16.4. The normalized spacial score (nSPS) is 15.0. The first kappa shape index (κ1) is 77.5. The van der Waals surface area contributed by atoms with Crippen LogP contribution in [0.15, 0.2) is 35.3 Å². The van der Waals surface area contributed by atoms with E-state index in [1.807, 2.05) is 0 Å². The monoisotopic (exact) mass is 1260 g/mol. The molecule has 89 heavy (non-hydrogen) atoms. The Bertz CT molecular complexity index is 2710. The number of hydrogen-bond donors (Lipinski definition) is 18. The zero-order chi connectivity index (χ0) is 68.0. The van der Waals surface area contributed by atoms with E-state index in [0.29, 0.717) is 5.56 Å². The van der Waals surface area contributed by atoms with E-state index in [1.165, 1.54) is 13.8 Å². The molecule has 1 rings (SSSR count). The van der Waals surface area contributed by atoms with Crippen molar-refractivity contribution in [1.82, 2.24) is 53.2 Å². The van der Waals surface area contributed by atoms with Crippen molar-refractivity contribution in [3.8, 4) is 0 Å². The molecule has 0 fully saturated rings. The molecule has 0 aromatic heterocycles. The van der Waals surface area contributed by atoms with Crippen molar-refractivity contribution in [1.29, 1.82) is 0 Å². The number of amides is 12. The topological polar surface area (TPSA) is 580 Å². The van der Waals surface area contributed by atoms with E-state index in [4.69, 9.17) is 28.7 Å². The predicted molar refractivity (Wildman–Crippen MR) is 317 cm³/mol. The molecule has 0 saturated carbocycles. The lowest BCUT2D eigenvalue weighted by atomic mass is 9.96. The molecule has 0 aliphatic heterocycles. The van der Waals surface area contributed by atoms with Crippen LogP contribution in [0.1, 0.15) is 119 Å². The molecule has 0 unspecified atom stereocenters. The van der Waals surface area contributed by atoms with Gasteiger partial charge in [-0.15, -0.1) is 0 Å². The van der Waals surface area contributed by atoms with Crippen LogP contribution < -0.4 is 81.8 Å². The molecule has 23 N–H and O–H groups in total. The van der Waals surface area contributed by atoms with Crippen molar-refractivity contribution in [2.24, 2.45) is 51.4 Å². The number of primary amides is 2. The van der Waals surface area contributed by atoms with Crippen molar-refractivity contribution in [2.75, 3.05) is 6.54 Å². The fourth-order valence-corrected chi connectivity index (χ4v) is 8.39. The summed E-state index contributed by atoms with van der Waals surface area (Å²) in [5.74, 6) is -18.9. The summed E-state index contributed by atoms with van der Waals surface area (Å²) in [7, 11) is 0. The number of carbonyl (C=O) groups is 15. The third kappa shape index (κ3) is 30.1. The van der Waals surface area contributed by atoms with Gasteiger partial charge in [-0.25, -0.2) is 4.79 Å². The second-order valence-electron chi connectivity index (χ2n) is 22.1. The summed E-state index contributed by atoms with van der Waals surface area (Å²) in [5.41, 5.74) is 27.8. The summed E-state index contributed by atoms with van der Waals surface area (Å²) in [6.07, 6.45) is -3.92. The van der Waals surface area contributed by atoms with Crippen LogP contribution in [-0.4, -0.2) is 183 Å². The Morgan fingerprint density at radius 2 is 0.843 bits per heavy atom. The molecule has 1 aromatic carbocycles. The first-order chi connectivity index (χ1) is 41.4. The van der Waals surface area contributed by atoms with E-state index in [9.17, 15) is 87.2 Å². The molecule has 0 aliphatic carbocycles. The number of nitrogens with one attached hydrogen (secondary N) is 10. The molecule has 0 aliphatic rings. The van der Waals surface area contributed by atoms with Crippen LogP contribution in [0.3, 0.4) is 0 Å². The molecule has 12 atom stereocenters. The van der Waals surface area contributed by atoms with Crippen LogP contribution in [-0.2, 0) is 78.3 Å². The number of aliphatic imine (C=N–C) groups is 1. The molecule has 0 radical (unpaired) electrons. The predicted octanol–water partition coefficient (Wildman–Crippen LogP) is -5.58. The van der Waals surface area contributed by atoms with Crippen molar-refractivity contribution >= 4 is 94.8 Å². The summed E-state index contributed by atoms with van der Waals surface area (Å²) in [6.45, 7) is 12.4. The summed E-state index contributed by atoms with van der Waals surface area (Å²) >= 11 is 0. The average molecular weight is 1260 g/mol. The molecule has 34 nitrogen and oxygen atoms in total. The fraction of sp³-hybridized carbons (Fsp3) is 0.600. The maximum Gasteiger partial charge on any atom is 0.326 e. The summed E-state index contributed by atoms with van der Waals surface area (Å²) in [5, 5.41) is 52.4. The number of hydrogen-bond acceptors (Lipinski definition) is 17. The highest BCUT2D eigenvalue weighted by Gasteiger charge is 2.37. The number of benzene rings is 1. The Kier molecular flexibility index (Phi) is 33.6. The highest BCUT2D eigenvalue weighted by molar-refractivity contribution is 6.00. The highest BCUT2D eigenvalue weighted by Crippen LogP contribution is 2.13. The van der Waals surface area contributed by atoms with Crippen LogP contribution in [0, 0.1) is 17.8 Å². The van der Waals surface area contributed by atoms with Crippen LogP contribution in [0.2, 0.25) is 0 Å². The van der Waals surface area contributed by atoms with E-state index in [0.717, 1.165) is 0 Å². The van der Waals surface area contributed by atoms with Gasteiger partial charge in [-0.3, -0.25) is 72.1 Å². The van der Waals surface area contributed by atoms with Crippen LogP contribution in [0.25, 0.3) is 0 Å². The molecular weight excluding hydrogens is 1170 g/mol. The lowest BCUT2D eigenvalue weighted by Crippen LogP contribution is -2.61. The zero-order valence-electron chi connectivity index (χ0n) is 51.0. The van der Waals surface area contributed by atoms with Crippen LogP contribution in [0.4, 0.5) is 0 Å². The van der Waals surface area contributed by atoms with Gasteiger partial charge in [0.2, 0.25) is 70.9 Å². The standard InChI is InChI=1S/C55H88N16O18/c1-9-27(6)43(53(87)70-38(54(88)89)22-40(58)73)71-52(86)34(20-30-14-11-10-12-15-30)67-51(85)37(24-42(76)77)69-47(81)32(16-13-17-61-55(59)60)64-45(79)29(8)62-44(78)28(7)63-48(82)33(19-26(4)5)66-49(83)35(21-39(57)72)68-50(84)36(23-41(74)75)65-46(80)31(56)18-25(2)3/h10-12,14-15,25-29,31-38,43H,9,13,16-24,56H2,1-8H3,(H2,57,72)(H2,58,73)(H,62,78)(H,63,82)(H,64,79)(H,65,80)(H,66,83)(H,67,85)(H,68,84)(H,69,81)(H,70,87)(H,71,86)(H,74,75)(H,76,77)(H,88,89)(H4,59,60,61)/t27-,28-,29-,31-,32-,33-,34-,35-,36-,37-,38-,43-/m0/s1. The first-order valence-corrected chi connectivity index (χ1v) is 28.6. The van der Waals surface area contributed by atoms with Gasteiger partial charge in [-0.2, -0.15) is 0 Å². The van der Waals surface area contributed by atoms with Crippen LogP contribution >= 0.6 is 0 Å². The Hall–Kier alpha value is -9.50. The average Bonchev–Trinajstić information content (AvgIpc) is 1.81. The number of carbonyl (C=O) groups excluding carboxylic acids is 12. The molecule has 0 saturated heterocycles. The lowest BCUT2D eigenvalue weighted by molar-refractivity contribution is -0.144. The largest absolute Gasteiger partial charge is 0.481 e. The summed E-state index contributed by atoms with van der Waals surface area (Å²) in [6, 6.07) is -9.49. The number of aliphatic carboxylic acids is 3. The maximum absolute atomic E-state index is 14.1. The smallest absolute Gasteiger partial charge is 0.326 e. The molecule has 496 valence electrons. The van der Waals surface area contributed by atoms with Gasteiger partial charge in [0.25, 0.3) is 0 Å². The van der Waals surface area contributed by atoms with E-state index < -0.39 is 187 Å². The lowest BCUT2D eigenvalue weighted by Gasteiger charge is -2.29. The minimum Gasteiger partial charge on any atom is -0.481 e. The fourth-order valence-electron chi connectivity index (χ4n) is 8.39. The number of guanidine groups is 1. The second kappa shape index (κ2) is 38.6. The van der Waals surface area contributed by atoms with Gasteiger partial charge in [0, 0.05) is 13.0 Å². The van der Waals surface area contributed by atoms with E-state index in [-0.39, 0.29) is 62.9 Å². The third-order valence-corrected chi connectivity index (χ3v) is 13.3. The number of carboxylic acid groups (broad SMARTS) is 3. The van der Waals surface area contributed by atoms with Gasteiger partial charge in [-0.1, -0.05) is 78.3 Å². The SMILES string of the molecule is CC[C@H](C)[C@H](NC(=O)[C@H](Cc1ccccc1)NC(=O)[C@H](CC(=O)O)NC(=O)[C@H](CCCN=C(N)N)NC(=O)[C@H](C)NC(=O)[C@H](C)NC(=O)[C@H](CC(C)C)NC(=O)[C@H](CC(N)=O)NC(=O)[C@H](CC(=O)O)NC(=O)[C@@H](N)CC(C)C)C(=O)N[C@@H](CC(N)=O)C(=O)O. The van der Waals surface area contributed by atoms with Gasteiger partial charge in [-0.05, 0) is 62.8 Å². The molecule has 1 aromatic rings. The van der Waals surface area contributed by atoms with Gasteiger partial charge >= 0.3 is 17.9 Å². The molecule has 0 heterocycles. The number of carboxylic acids is 3. The van der Waals surface area contributed by atoms with E-state index >= 15 is 0 Å². The molecule has 0 spiro atoms. The second-order valence-corrected chi connectivity index (χ2v) is 22.1. The molecule has 12 amide bonds. The Morgan fingerprint density at radius 1 is 0.449 bits per heavy atom. The van der Waals surface area contributed by atoms with Gasteiger partial charge in [0.15, 0.2) is 5.96 Å². The van der Waals surface area contributed by atoms with Crippen LogP contribution in [0.5, 0.6) is 0 Å². The van der Waals surface area contributed by atoms with Crippen molar-refractivity contribution < 1.29 is 87.2 Å². The van der Waals surface area contributed by atoms with E-state index in [2.05, 4.69) is 58.2 Å². The molecule has 34 heteroatoms. The van der Waals surface area contributed by atoms with Gasteiger partial charge in [0.05, 0.1) is 31.7 Å². The summed E-state index contributed by atoms with van der Waals surface area (Å²) in [4.78, 5) is 200. The minimum absolute atomic E-state index is 0.0171. The Labute approximate surface area is 513 Å². The first-order valence-electron chi connectivity index (χ1n) is 28.6. The van der Waals surface area contributed by atoms with Crippen molar-refractivity contribution in [2.45, 2.75) is 186 Å². The van der Waals surface area contributed by atoms with Gasteiger partial charge in [0.1, 0.15) is 60.4 Å². The number of rotatable bonds is 41. The third-order valence-electron chi connectivity index (χ3n) is 13.3. The summed E-state index contributed by atoms with van der Waals surface area (Å²) < 4.78 is 0. The molecule has 0 bridgehead atoms. The zero-order valence-corrected chi connectivity index (χ0v) is 51.0. The van der Waals surface area contributed by atoms with Gasteiger partial charge < -0.3 is 97.2 Å². The van der Waals surface area contributed by atoms with Crippen molar-refractivity contribution in [3.05, 3.63) is 35.9 Å². The Balaban J connectivity index is 3.46. The number of nitrogens with zero attached hydrogens (tertiary/aromatic N) is 1. The van der Waals surface area contributed by atoms with Crippen molar-refractivity contribution in [3.63, 3.8) is 0 Å². The quantitative estimate of drug-likeness (QED) is 0.0165. The van der Waals surface area contributed by atoms with E-state index in [1.54, 1.807) is 71.9 Å².